The SMILES string of the molecule is Cc1c(Cl)c(CN2CCCC(CCN)C2)nc2ccccc12.Cl.Cl. The van der Waals surface area contributed by atoms with Gasteiger partial charge in [-0.3, -0.25) is 4.90 Å². The number of pyridine rings is 1. The standard InChI is InChI=1S/C18H24ClN3.2ClH/c1-13-15-6-2-3-7-16(15)21-17(18(13)19)12-22-10-4-5-14(11-22)8-9-20;;/h2-3,6-7,14H,4-5,8-12,20H2,1H3;2*1H. The van der Waals surface area contributed by atoms with Gasteiger partial charge in [0.15, 0.2) is 0 Å². The number of nitrogens with two attached hydrogens (primary N) is 1. The van der Waals surface area contributed by atoms with E-state index >= 15 is 0 Å². The minimum Gasteiger partial charge on any atom is -0.330 e. The molecule has 1 atom stereocenters. The maximum Gasteiger partial charge on any atom is 0.0740 e. The number of hydrogen-bond donors (Lipinski definition) is 1. The van der Waals surface area contributed by atoms with Crippen LogP contribution in [-0.2, 0) is 6.54 Å². The van der Waals surface area contributed by atoms with Crippen LogP contribution in [0.5, 0.6) is 0 Å². The van der Waals surface area contributed by atoms with Crippen LogP contribution in [-0.4, -0.2) is 29.5 Å². The Kier molecular flexibility index (Phi) is 8.75. The minimum atomic E-state index is 0. The van der Waals surface area contributed by atoms with E-state index in [2.05, 4.69) is 24.0 Å². The summed E-state index contributed by atoms with van der Waals surface area (Å²) in [5.41, 5.74) is 8.89. The molecule has 0 radical (unpaired) electrons. The molecule has 6 heteroatoms. The fourth-order valence-corrected chi connectivity index (χ4v) is 3.70. The lowest BCUT2D eigenvalue weighted by Gasteiger charge is -2.32. The Hall–Kier alpha value is -0.580. The second-order valence-corrected chi connectivity index (χ2v) is 6.71. The van der Waals surface area contributed by atoms with E-state index in [0.29, 0.717) is 0 Å². The van der Waals surface area contributed by atoms with E-state index in [0.717, 1.165) is 65.7 Å². The Labute approximate surface area is 161 Å². The molecule has 0 spiro atoms. The van der Waals surface area contributed by atoms with Gasteiger partial charge in [-0.05, 0) is 56.8 Å². The molecule has 0 saturated carbocycles. The number of para-hydroxylation sites is 1. The second kappa shape index (κ2) is 9.79. The van der Waals surface area contributed by atoms with Gasteiger partial charge in [-0.25, -0.2) is 4.98 Å². The normalized spacial score (nSPS) is 18.0. The van der Waals surface area contributed by atoms with E-state index in [1.807, 2.05) is 12.1 Å². The number of benzene rings is 1. The third-order valence-corrected chi connectivity index (χ3v) is 5.20. The number of piperidine rings is 1. The molecule has 1 aliphatic heterocycles. The Morgan fingerprint density at radius 2 is 2.04 bits per heavy atom. The molecule has 3 rings (SSSR count). The molecule has 1 fully saturated rings. The van der Waals surface area contributed by atoms with Crippen LogP contribution in [0, 0.1) is 12.8 Å². The third kappa shape index (κ3) is 4.74. The van der Waals surface area contributed by atoms with Gasteiger partial charge in [0.1, 0.15) is 0 Å². The first-order valence-electron chi connectivity index (χ1n) is 8.15. The number of halogens is 3. The summed E-state index contributed by atoms with van der Waals surface area (Å²) in [6.45, 7) is 5.95. The van der Waals surface area contributed by atoms with E-state index in [-0.39, 0.29) is 24.8 Å². The molecule has 0 amide bonds. The molecule has 134 valence electrons. The van der Waals surface area contributed by atoms with Crippen molar-refractivity contribution in [2.45, 2.75) is 32.7 Å². The largest absolute Gasteiger partial charge is 0.330 e. The summed E-state index contributed by atoms with van der Waals surface area (Å²) in [7, 11) is 0. The molecule has 3 nitrogen and oxygen atoms in total. The number of aryl methyl sites for hydroxylation is 1. The average Bonchev–Trinajstić information content (AvgIpc) is 2.53. The van der Waals surface area contributed by atoms with Crippen LogP contribution >= 0.6 is 36.4 Å². The molecule has 1 aromatic heterocycles. The van der Waals surface area contributed by atoms with Crippen molar-refractivity contribution in [3.63, 3.8) is 0 Å². The number of hydrogen-bond acceptors (Lipinski definition) is 3. The first-order valence-corrected chi connectivity index (χ1v) is 8.53. The number of nitrogens with zero attached hydrogens (tertiary/aromatic N) is 2. The summed E-state index contributed by atoms with van der Waals surface area (Å²) in [5, 5.41) is 1.97. The van der Waals surface area contributed by atoms with Crippen molar-refractivity contribution in [3.8, 4) is 0 Å². The number of likely N-dealkylation sites (tertiary alicyclic amines) is 1. The van der Waals surface area contributed by atoms with Crippen LogP contribution in [0.2, 0.25) is 5.02 Å². The van der Waals surface area contributed by atoms with Gasteiger partial charge in [-0.15, -0.1) is 24.8 Å². The van der Waals surface area contributed by atoms with E-state index in [1.165, 1.54) is 12.8 Å². The highest BCUT2D eigenvalue weighted by atomic mass is 35.5. The van der Waals surface area contributed by atoms with Crippen molar-refractivity contribution in [2.24, 2.45) is 11.7 Å². The second-order valence-electron chi connectivity index (χ2n) is 6.34. The van der Waals surface area contributed by atoms with E-state index in [9.17, 15) is 0 Å². The smallest absolute Gasteiger partial charge is 0.0740 e. The van der Waals surface area contributed by atoms with Gasteiger partial charge in [0.2, 0.25) is 0 Å². The van der Waals surface area contributed by atoms with E-state index < -0.39 is 0 Å². The van der Waals surface area contributed by atoms with Crippen molar-refractivity contribution < 1.29 is 0 Å². The predicted molar refractivity (Wildman–Crippen MR) is 108 cm³/mol. The molecule has 24 heavy (non-hydrogen) atoms. The fourth-order valence-electron chi connectivity index (χ4n) is 3.50. The first kappa shape index (κ1) is 21.5. The zero-order valence-corrected chi connectivity index (χ0v) is 16.4. The Balaban J connectivity index is 0.00000144. The summed E-state index contributed by atoms with van der Waals surface area (Å²) in [5.74, 6) is 0.721. The molecule has 0 bridgehead atoms. The average molecular weight is 391 g/mol. The lowest BCUT2D eigenvalue weighted by molar-refractivity contribution is 0.161. The summed E-state index contributed by atoms with van der Waals surface area (Å²) < 4.78 is 0. The highest BCUT2D eigenvalue weighted by molar-refractivity contribution is 6.32. The van der Waals surface area contributed by atoms with Crippen molar-refractivity contribution in [1.82, 2.24) is 9.88 Å². The van der Waals surface area contributed by atoms with Gasteiger partial charge in [0.25, 0.3) is 0 Å². The number of fused-ring (bicyclic) bond motifs is 1. The van der Waals surface area contributed by atoms with Crippen LogP contribution in [0.1, 0.15) is 30.5 Å². The van der Waals surface area contributed by atoms with Crippen LogP contribution in [0.3, 0.4) is 0 Å². The monoisotopic (exact) mass is 389 g/mol. The van der Waals surface area contributed by atoms with Crippen LogP contribution < -0.4 is 5.73 Å². The zero-order valence-electron chi connectivity index (χ0n) is 14.0. The van der Waals surface area contributed by atoms with Gasteiger partial charge >= 0.3 is 0 Å². The molecule has 2 heterocycles. The Morgan fingerprint density at radius 3 is 2.79 bits per heavy atom. The maximum absolute atomic E-state index is 6.58. The minimum absolute atomic E-state index is 0. The summed E-state index contributed by atoms with van der Waals surface area (Å²) in [4.78, 5) is 7.28. The fraction of sp³-hybridized carbons (Fsp3) is 0.500. The molecule has 2 N–H and O–H groups in total. The van der Waals surface area contributed by atoms with Gasteiger partial charge in [0.05, 0.1) is 16.2 Å². The summed E-state index contributed by atoms with van der Waals surface area (Å²) >= 11 is 6.58. The van der Waals surface area contributed by atoms with E-state index in [1.54, 1.807) is 0 Å². The number of rotatable bonds is 4. The van der Waals surface area contributed by atoms with Crippen molar-refractivity contribution in [1.29, 1.82) is 0 Å². The lowest BCUT2D eigenvalue weighted by atomic mass is 9.94. The molecular formula is C18H26Cl3N3. The molecule has 0 aliphatic carbocycles. The maximum atomic E-state index is 6.58. The molecule has 2 aromatic rings. The van der Waals surface area contributed by atoms with E-state index in [4.69, 9.17) is 22.3 Å². The Morgan fingerprint density at radius 1 is 1.29 bits per heavy atom. The van der Waals surface area contributed by atoms with Crippen LogP contribution in [0.15, 0.2) is 24.3 Å². The first-order chi connectivity index (χ1) is 10.7. The quantitative estimate of drug-likeness (QED) is 0.829. The highest BCUT2D eigenvalue weighted by Gasteiger charge is 2.21. The van der Waals surface area contributed by atoms with Crippen LogP contribution in [0.25, 0.3) is 10.9 Å². The third-order valence-electron chi connectivity index (χ3n) is 4.70. The molecule has 1 unspecified atom stereocenters. The lowest BCUT2D eigenvalue weighted by Crippen LogP contribution is -2.36. The van der Waals surface area contributed by atoms with Gasteiger partial charge in [-0.2, -0.15) is 0 Å². The molecule has 1 saturated heterocycles. The van der Waals surface area contributed by atoms with Gasteiger partial charge < -0.3 is 5.73 Å². The van der Waals surface area contributed by atoms with Crippen molar-refractivity contribution >= 4 is 47.3 Å². The van der Waals surface area contributed by atoms with Gasteiger partial charge in [0, 0.05) is 18.5 Å². The molecular weight excluding hydrogens is 365 g/mol. The van der Waals surface area contributed by atoms with Gasteiger partial charge in [-0.1, -0.05) is 29.8 Å². The van der Waals surface area contributed by atoms with Crippen LogP contribution in [0.4, 0.5) is 0 Å². The zero-order chi connectivity index (χ0) is 15.5. The Bertz CT molecular complexity index is 661. The highest BCUT2D eigenvalue weighted by Crippen LogP contribution is 2.29. The molecule has 1 aromatic carbocycles. The number of aromatic nitrogens is 1. The van der Waals surface area contributed by atoms with Crippen molar-refractivity contribution in [3.05, 3.63) is 40.5 Å². The predicted octanol–water partition coefficient (Wildman–Crippen LogP) is 4.60. The summed E-state index contributed by atoms with van der Waals surface area (Å²) in [6.07, 6.45) is 3.66. The summed E-state index contributed by atoms with van der Waals surface area (Å²) in [6, 6.07) is 8.22. The topological polar surface area (TPSA) is 42.1 Å². The van der Waals surface area contributed by atoms with Crippen molar-refractivity contribution in [2.75, 3.05) is 19.6 Å². The molecule has 1 aliphatic rings.